The number of ether oxygens (including phenoxy) is 1. The van der Waals surface area contributed by atoms with Gasteiger partial charge in [0.25, 0.3) is 0 Å². The van der Waals surface area contributed by atoms with Crippen LogP contribution >= 0.6 is 0 Å². The quantitative estimate of drug-likeness (QED) is 0.740. The summed E-state index contributed by atoms with van der Waals surface area (Å²) in [5.74, 6) is 1.70. The van der Waals surface area contributed by atoms with Crippen LogP contribution in [0.15, 0.2) is 54.7 Å². The monoisotopic (exact) mass is 376 g/mol. The van der Waals surface area contributed by atoms with Crippen molar-refractivity contribution in [1.82, 2.24) is 14.9 Å². The number of carbonyl (C=O) groups excluding carboxylic acids is 1. The Morgan fingerprint density at radius 1 is 1.11 bits per heavy atom. The van der Waals surface area contributed by atoms with Crippen molar-refractivity contribution < 1.29 is 9.53 Å². The van der Waals surface area contributed by atoms with Gasteiger partial charge < -0.3 is 15.0 Å². The van der Waals surface area contributed by atoms with Crippen LogP contribution < -0.4 is 10.1 Å². The zero-order valence-corrected chi connectivity index (χ0v) is 16.0. The molecule has 1 aliphatic heterocycles. The fourth-order valence-corrected chi connectivity index (χ4v) is 3.63. The number of aromatic nitrogens is 2. The highest BCUT2D eigenvalue weighted by Crippen LogP contribution is 2.21. The SMILES string of the molecule is COc1ccccc1CC(=O)N1CCC(Nc2cnc3ccccc3n2)CC1. The lowest BCUT2D eigenvalue weighted by molar-refractivity contribution is -0.131. The maximum Gasteiger partial charge on any atom is 0.227 e. The second-order valence-corrected chi connectivity index (χ2v) is 7.03. The first-order valence-corrected chi connectivity index (χ1v) is 9.61. The molecule has 0 saturated carbocycles. The van der Waals surface area contributed by atoms with Crippen LogP contribution in [0.3, 0.4) is 0 Å². The molecular weight excluding hydrogens is 352 g/mol. The number of likely N-dealkylation sites (tertiary alicyclic amines) is 1. The highest BCUT2D eigenvalue weighted by atomic mass is 16.5. The van der Waals surface area contributed by atoms with Crippen LogP contribution in [-0.2, 0) is 11.2 Å². The topological polar surface area (TPSA) is 67.3 Å². The van der Waals surface area contributed by atoms with Gasteiger partial charge in [-0.1, -0.05) is 30.3 Å². The van der Waals surface area contributed by atoms with E-state index < -0.39 is 0 Å². The normalized spacial score (nSPS) is 14.8. The summed E-state index contributed by atoms with van der Waals surface area (Å²) in [6.45, 7) is 1.49. The molecule has 1 fully saturated rings. The molecule has 4 rings (SSSR count). The van der Waals surface area contributed by atoms with Gasteiger partial charge in [-0.25, -0.2) is 4.98 Å². The van der Waals surface area contributed by atoms with Crippen molar-refractivity contribution in [3.8, 4) is 5.75 Å². The van der Waals surface area contributed by atoms with Gasteiger partial charge in [-0.2, -0.15) is 0 Å². The van der Waals surface area contributed by atoms with Gasteiger partial charge in [-0.3, -0.25) is 9.78 Å². The van der Waals surface area contributed by atoms with Crippen LogP contribution in [0.5, 0.6) is 5.75 Å². The highest BCUT2D eigenvalue weighted by molar-refractivity contribution is 5.79. The fourth-order valence-electron chi connectivity index (χ4n) is 3.63. The summed E-state index contributed by atoms with van der Waals surface area (Å²) in [5.41, 5.74) is 2.71. The van der Waals surface area contributed by atoms with E-state index in [0.717, 1.165) is 54.1 Å². The van der Waals surface area contributed by atoms with Crippen LogP contribution in [0.2, 0.25) is 0 Å². The molecule has 1 aliphatic rings. The van der Waals surface area contributed by atoms with Crippen molar-refractivity contribution in [3.63, 3.8) is 0 Å². The molecule has 2 heterocycles. The summed E-state index contributed by atoms with van der Waals surface area (Å²) < 4.78 is 5.35. The maximum absolute atomic E-state index is 12.7. The number of fused-ring (bicyclic) bond motifs is 1. The Kier molecular flexibility index (Phi) is 5.37. The molecule has 28 heavy (non-hydrogen) atoms. The number of carbonyl (C=O) groups is 1. The molecule has 0 aliphatic carbocycles. The van der Waals surface area contributed by atoms with Crippen molar-refractivity contribution in [3.05, 3.63) is 60.3 Å². The van der Waals surface area contributed by atoms with Crippen LogP contribution in [0.25, 0.3) is 11.0 Å². The summed E-state index contributed by atoms with van der Waals surface area (Å²) in [5, 5.41) is 3.47. The number of piperidine rings is 1. The molecule has 0 spiro atoms. The maximum atomic E-state index is 12.7. The number of nitrogens with one attached hydrogen (secondary N) is 1. The average molecular weight is 376 g/mol. The minimum absolute atomic E-state index is 0.147. The van der Waals surface area contributed by atoms with E-state index in [1.54, 1.807) is 13.3 Å². The third kappa shape index (κ3) is 4.06. The van der Waals surface area contributed by atoms with Gasteiger partial charge in [0.2, 0.25) is 5.91 Å². The first-order valence-electron chi connectivity index (χ1n) is 9.61. The molecule has 3 aromatic rings. The van der Waals surface area contributed by atoms with Gasteiger partial charge in [0, 0.05) is 24.7 Å². The van der Waals surface area contributed by atoms with Gasteiger partial charge in [-0.05, 0) is 31.0 Å². The molecule has 0 atom stereocenters. The Balaban J connectivity index is 1.33. The van der Waals surface area contributed by atoms with Crippen LogP contribution in [0, 0.1) is 0 Å². The third-order valence-corrected chi connectivity index (χ3v) is 5.18. The molecule has 0 unspecified atom stereocenters. The Hall–Kier alpha value is -3.15. The average Bonchev–Trinajstić information content (AvgIpc) is 2.74. The predicted octanol–water partition coefficient (Wildman–Crippen LogP) is 3.28. The Morgan fingerprint density at radius 3 is 2.61 bits per heavy atom. The van der Waals surface area contributed by atoms with E-state index >= 15 is 0 Å². The zero-order valence-electron chi connectivity index (χ0n) is 16.0. The molecule has 1 aromatic heterocycles. The number of hydrogen-bond acceptors (Lipinski definition) is 5. The predicted molar refractivity (Wildman–Crippen MR) is 109 cm³/mol. The number of benzene rings is 2. The summed E-state index contributed by atoms with van der Waals surface area (Å²) in [6.07, 6.45) is 3.94. The first-order chi connectivity index (χ1) is 13.7. The zero-order chi connectivity index (χ0) is 19.3. The number of nitrogens with zero attached hydrogens (tertiary/aromatic N) is 3. The van der Waals surface area contributed by atoms with Gasteiger partial charge in [0.15, 0.2) is 0 Å². The number of hydrogen-bond donors (Lipinski definition) is 1. The Morgan fingerprint density at radius 2 is 1.82 bits per heavy atom. The molecular formula is C22H24N4O2. The van der Waals surface area contributed by atoms with E-state index in [-0.39, 0.29) is 5.91 Å². The molecule has 2 aromatic carbocycles. The smallest absolute Gasteiger partial charge is 0.227 e. The van der Waals surface area contributed by atoms with Crippen LogP contribution in [0.1, 0.15) is 18.4 Å². The standard InChI is InChI=1S/C22H24N4O2/c1-28-20-9-5-2-6-16(20)14-22(27)26-12-10-17(11-13-26)24-21-15-23-18-7-3-4-8-19(18)25-21/h2-9,15,17H,10-14H2,1H3,(H,24,25). The summed E-state index contributed by atoms with van der Waals surface area (Å²) in [4.78, 5) is 23.7. The van der Waals surface area contributed by atoms with Gasteiger partial charge in [-0.15, -0.1) is 0 Å². The number of para-hydroxylation sites is 3. The van der Waals surface area contributed by atoms with Crippen molar-refractivity contribution in [2.45, 2.75) is 25.3 Å². The van der Waals surface area contributed by atoms with Crippen molar-refractivity contribution in [2.75, 3.05) is 25.5 Å². The van der Waals surface area contributed by atoms with Gasteiger partial charge >= 0.3 is 0 Å². The molecule has 1 amide bonds. The van der Waals surface area contributed by atoms with Gasteiger partial charge in [0.1, 0.15) is 11.6 Å². The molecule has 6 heteroatoms. The van der Waals surface area contributed by atoms with Gasteiger partial charge in [0.05, 0.1) is 30.8 Å². The van der Waals surface area contributed by atoms with E-state index in [1.165, 1.54) is 0 Å². The fraction of sp³-hybridized carbons (Fsp3) is 0.318. The Bertz CT molecular complexity index is 967. The molecule has 144 valence electrons. The molecule has 0 radical (unpaired) electrons. The second-order valence-electron chi connectivity index (χ2n) is 7.03. The largest absolute Gasteiger partial charge is 0.496 e. The van der Waals surface area contributed by atoms with E-state index in [1.807, 2.05) is 53.4 Å². The molecule has 6 nitrogen and oxygen atoms in total. The number of amides is 1. The lowest BCUT2D eigenvalue weighted by Gasteiger charge is -2.32. The molecule has 1 saturated heterocycles. The minimum Gasteiger partial charge on any atom is -0.496 e. The molecule has 0 bridgehead atoms. The third-order valence-electron chi connectivity index (χ3n) is 5.18. The highest BCUT2D eigenvalue weighted by Gasteiger charge is 2.23. The lowest BCUT2D eigenvalue weighted by atomic mass is 10.0. The number of rotatable bonds is 5. The number of methoxy groups -OCH3 is 1. The van der Waals surface area contributed by atoms with Crippen molar-refractivity contribution >= 4 is 22.8 Å². The van der Waals surface area contributed by atoms with Crippen LogP contribution in [-0.4, -0.2) is 47.0 Å². The Labute approximate surface area is 164 Å². The summed E-state index contributed by atoms with van der Waals surface area (Å²) >= 11 is 0. The van der Waals surface area contributed by atoms with Crippen molar-refractivity contribution in [2.24, 2.45) is 0 Å². The summed E-state index contributed by atoms with van der Waals surface area (Å²) in [6, 6.07) is 15.8. The first kappa shape index (κ1) is 18.2. The van der Waals surface area contributed by atoms with Crippen LogP contribution in [0.4, 0.5) is 5.82 Å². The van der Waals surface area contributed by atoms with Crippen molar-refractivity contribution in [1.29, 1.82) is 0 Å². The van der Waals surface area contributed by atoms with E-state index in [4.69, 9.17) is 4.74 Å². The van der Waals surface area contributed by atoms with E-state index in [2.05, 4.69) is 15.3 Å². The second kappa shape index (κ2) is 8.25. The molecule has 1 N–H and O–H groups in total. The van der Waals surface area contributed by atoms with E-state index in [9.17, 15) is 4.79 Å². The lowest BCUT2D eigenvalue weighted by Crippen LogP contribution is -2.43. The van der Waals surface area contributed by atoms with E-state index in [0.29, 0.717) is 12.5 Å². The summed E-state index contributed by atoms with van der Waals surface area (Å²) in [7, 11) is 1.64. The minimum atomic E-state index is 0.147. The number of anilines is 1.